The highest BCUT2D eigenvalue weighted by Crippen LogP contribution is 2.31. The highest BCUT2D eigenvalue weighted by atomic mass is 16.5. The summed E-state index contributed by atoms with van der Waals surface area (Å²) in [5.74, 6) is -0.688. The van der Waals surface area contributed by atoms with E-state index in [9.17, 15) is 9.59 Å². The fourth-order valence-corrected chi connectivity index (χ4v) is 3.68. The summed E-state index contributed by atoms with van der Waals surface area (Å²) in [6.07, 6.45) is 1.28. The summed E-state index contributed by atoms with van der Waals surface area (Å²) < 4.78 is 10.6. The van der Waals surface area contributed by atoms with Crippen LogP contribution in [0.2, 0.25) is 0 Å². The first kappa shape index (κ1) is 17.7. The number of nitrogens with two attached hydrogens (primary N) is 1. The van der Waals surface area contributed by atoms with E-state index >= 15 is 0 Å². The number of hydrogen-bond acceptors (Lipinski definition) is 5. The molecule has 0 spiro atoms. The summed E-state index contributed by atoms with van der Waals surface area (Å²) in [5.41, 5.74) is 6.19. The van der Waals surface area contributed by atoms with E-state index in [1.165, 1.54) is 7.11 Å². The number of amides is 2. The Kier molecular flexibility index (Phi) is 5.24. The molecule has 25 heavy (non-hydrogen) atoms. The molecule has 136 valence electrons. The zero-order valence-corrected chi connectivity index (χ0v) is 14.6. The molecule has 1 unspecified atom stereocenters. The zero-order chi connectivity index (χ0) is 17.9. The summed E-state index contributed by atoms with van der Waals surface area (Å²) in [5, 5.41) is 0. The van der Waals surface area contributed by atoms with Crippen molar-refractivity contribution >= 4 is 17.5 Å². The van der Waals surface area contributed by atoms with Gasteiger partial charge >= 0.3 is 0 Å². The van der Waals surface area contributed by atoms with Gasteiger partial charge in [-0.05, 0) is 37.1 Å². The van der Waals surface area contributed by atoms with Gasteiger partial charge in [-0.2, -0.15) is 0 Å². The Morgan fingerprint density at radius 3 is 2.48 bits per heavy atom. The number of methoxy groups -OCH3 is 1. The molecular formula is C18H25N3O4. The van der Waals surface area contributed by atoms with Crippen LogP contribution in [0.25, 0.3) is 0 Å². The van der Waals surface area contributed by atoms with E-state index in [1.807, 2.05) is 24.3 Å². The summed E-state index contributed by atoms with van der Waals surface area (Å²) in [6, 6.07) is 7.50. The second kappa shape index (κ2) is 7.41. The molecule has 0 bridgehead atoms. The van der Waals surface area contributed by atoms with E-state index in [0.29, 0.717) is 31.7 Å². The number of benzene rings is 1. The quantitative estimate of drug-likeness (QED) is 0.844. The Bertz CT molecular complexity index is 628. The monoisotopic (exact) mass is 347 g/mol. The van der Waals surface area contributed by atoms with Crippen LogP contribution < -0.4 is 10.6 Å². The van der Waals surface area contributed by atoms with Crippen molar-refractivity contribution in [1.82, 2.24) is 4.90 Å². The van der Waals surface area contributed by atoms with Crippen molar-refractivity contribution in [3.05, 3.63) is 29.8 Å². The van der Waals surface area contributed by atoms with E-state index in [2.05, 4.69) is 4.90 Å². The average molecular weight is 347 g/mol. The van der Waals surface area contributed by atoms with Crippen molar-refractivity contribution in [1.29, 1.82) is 0 Å². The number of ether oxygens (including phenoxy) is 2. The molecule has 7 heteroatoms. The van der Waals surface area contributed by atoms with Gasteiger partial charge in [-0.1, -0.05) is 0 Å². The van der Waals surface area contributed by atoms with Crippen LogP contribution in [-0.4, -0.2) is 68.8 Å². The maximum absolute atomic E-state index is 13.0. The van der Waals surface area contributed by atoms with Crippen LogP contribution in [0.1, 0.15) is 23.2 Å². The molecule has 2 amide bonds. The first-order valence-electron chi connectivity index (χ1n) is 8.62. The summed E-state index contributed by atoms with van der Waals surface area (Å²) in [6.45, 7) is 3.76. The molecule has 1 atom stereocenters. The van der Waals surface area contributed by atoms with Gasteiger partial charge in [0.05, 0.1) is 19.8 Å². The standard InChI is InChI=1S/C18H25N3O4/c1-24-13-18(17(19)23)7-2-8-21(18)16(22)14-3-5-15(6-4-14)20-9-11-25-12-10-20/h3-6H,2,7-13H2,1H3,(H2,19,23). The second-order valence-electron chi connectivity index (χ2n) is 6.54. The van der Waals surface area contributed by atoms with Crippen molar-refractivity contribution in [3.8, 4) is 0 Å². The number of nitrogens with zero attached hydrogens (tertiary/aromatic N) is 2. The smallest absolute Gasteiger partial charge is 0.254 e. The van der Waals surface area contributed by atoms with Crippen molar-refractivity contribution in [3.63, 3.8) is 0 Å². The van der Waals surface area contributed by atoms with Gasteiger partial charge < -0.3 is 25.0 Å². The minimum absolute atomic E-state index is 0.125. The third-order valence-electron chi connectivity index (χ3n) is 5.07. The van der Waals surface area contributed by atoms with E-state index in [-0.39, 0.29) is 12.5 Å². The fraction of sp³-hybridized carbons (Fsp3) is 0.556. The molecule has 7 nitrogen and oxygen atoms in total. The molecule has 1 aromatic rings. The largest absolute Gasteiger partial charge is 0.382 e. The van der Waals surface area contributed by atoms with E-state index in [4.69, 9.17) is 15.2 Å². The highest BCUT2D eigenvalue weighted by Gasteiger charge is 2.48. The van der Waals surface area contributed by atoms with Gasteiger partial charge in [0.15, 0.2) is 0 Å². The van der Waals surface area contributed by atoms with Crippen LogP contribution in [0.4, 0.5) is 5.69 Å². The van der Waals surface area contributed by atoms with Crippen molar-refractivity contribution in [2.45, 2.75) is 18.4 Å². The SMILES string of the molecule is COCC1(C(N)=O)CCCN1C(=O)c1ccc(N2CCOCC2)cc1. The number of morpholine rings is 1. The Balaban J connectivity index is 1.78. The molecule has 1 aromatic carbocycles. The van der Waals surface area contributed by atoms with E-state index < -0.39 is 11.4 Å². The maximum Gasteiger partial charge on any atom is 0.254 e. The Morgan fingerprint density at radius 2 is 1.88 bits per heavy atom. The number of carbonyl (C=O) groups is 2. The van der Waals surface area contributed by atoms with Crippen molar-refractivity contribution in [2.75, 3.05) is 51.5 Å². The molecular weight excluding hydrogens is 322 g/mol. The van der Waals surface area contributed by atoms with E-state index in [0.717, 1.165) is 25.2 Å². The molecule has 2 saturated heterocycles. The topological polar surface area (TPSA) is 85.1 Å². The first-order chi connectivity index (χ1) is 12.1. The predicted octanol–water partition coefficient (Wildman–Crippen LogP) is 0.630. The normalized spacial score (nSPS) is 23.7. The highest BCUT2D eigenvalue weighted by molar-refractivity contribution is 5.99. The van der Waals surface area contributed by atoms with Crippen LogP contribution in [0.15, 0.2) is 24.3 Å². The number of likely N-dealkylation sites (tertiary alicyclic amines) is 1. The van der Waals surface area contributed by atoms with Crippen LogP contribution in [0.3, 0.4) is 0 Å². The Labute approximate surface area is 147 Å². The molecule has 2 heterocycles. The van der Waals surface area contributed by atoms with Crippen LogP contribution in [0, 0.1) is 0 Å². The lowest BCUT2D eigenvalue weighted by Gasteiger charge is -2.35. The van der Waals surface area contributed by atoms with Crippen LogP contribution in [0.5, 0.6) is 0 Å². The molecule has 2 aliphatic heterocycles. The first-order valence-corrected chi connectivity index (χ1v) is 8.62. The molecule has 0 radical (unpaired) electrons. The number of carbonyl (C=O) groups excluding carboxylic acids is 2. The molecule has 0 aliphatic carbocycles. The summed E-state index contributed by atoms with van der Waals surface area (Å²) in [4.78, 5) is 28.8. The van der Waals surface area contributed by atoms with Gasteiger partial charge in [0.25, 0.3) is 5.91 Å². The van der Waals surface area contributed by atoms with Gasteiger partial charge in [0.2, 0.25) is 5.91 Å². The van der Waals surface area contributed by atoms with Gasteiger partial charge in [0.1, 0.15) is 5.54 Å². The predicted molar refractivity (Wildman–Crippen MR) is 93.5 cm³/mol. The van der Waals surface area contributed by atoms with Gasteiger partial charge in [-0.25, -0.2) is 0 Å². The summed E-state index contributed by atoms with van der Waals surface area (Å²) in [7, 11) is 1.52. The van der Waals surface area contributed by atoms with Crippen molar-refractivity contribution < 1.29 is 19.1 Å². The third-order valence-corrected chi connectivity index (χ3v) is 5.07. The lowest BCUT2D eigenvalue weighted by Crippen LogP contribution is -2.58. The second-order valence-corrected chi connectivity index (χ2v) is 6.54. The zero-order valence-electron chi connectivity index (χ0n) is 14.6. The number of hydrogen-bond donors (Lipinski definition) is 1. The molecule has 0 saturated carbocycles. The molecule has 2 aliphatic rings. The van der Waals surface area contributed by atoms with E-state index in [1.54, 1.807) is 4.90 Å². The number of anilines is 1. The molecule has 2 fully saturated rings. The fourth-order valence-electron chi connectivity index (χ4n) is 3.68. The van der Waals surface area contributed by atoms with Gasteiger partial charge in [-0.3, -0.25) is 9.59 Å². The van der Waals surface area contributed by atoms with Crippen LogP contribution in [-0.2, 0) is 14.3 Å². The van der Waals surface area contributed by atoms with Gasteiger partial charge in [0, 0.05) is 38.0 Å². The van der Waals surface area contributed by atoms with Gasteiger partial charge in [-0.15, -0.1) is 0 Å². The molecule has 0 aromatic heterocycles. The minimum atomic E-state index is -1.05. The number of primary amides is 1. The summed E-state index contributed by atoms with van der Waals surface area (Å²) >= 11 is 0. The maximum atomic E-state index is 13.0. The Morgan fingerprint density at radius 1 is 1.20 bits per heavy atom. The lowest BCUT2D eigenvalue weighted by atomic mass is 9.95. The van der Waals surface area contributed by atoms with Crippen LogP contribution >= 0.6 is 0 Å². The number of rotatable bonds is 5. The third kappa shape index (κ3) is 3.34. The minimum Gasteiger partial charge on any atom is -0.382 e. The molecule has 3 rings (SSSR count). The average Bonchev–Trinajstić information content (AvgIpc) is 3.07. The lowest BCUT2D eigenvalue weighted by molar-refractivity contribution is -0.130. The molecule has 2 N–H and O–H groups in total. The Hall–Kier alpha value is -2.12. The van der Waals surface area contributed by atoms with Crippen molar-refractivity contribution in [2.24, 2.45) is 5.73 Å².